The first-order chi connectivity index (χ1) is 16.0. The summed E-state index contributed by atoms with van der Waals surface area (Å²) in [6.07, 6.45) is 4.14. The van der Waals surface area contributed by atoms with Crippen LogP contribution in [-0.2, 0) is 11.2 Å². The van der Waals surface area contributed by atoms with E-state index in [4.69, 9.17) is 32.7 Å². The second kappa shape index (κ2) is 11.5. The number of halogens is 2. The first-order valence-electron chi connectivity index (χ1n) is 11.9. The van der Waals surface area contributed by atoms with Gasteiger partial charge < -0.3 is 14.4 Å². The molecule has 2 aliphatic rings. The maximum atomic E-state index is 6.38. The van der Waals surface area contributed by atoms with Gasteiger partial charge in [0, 0.05) is 38.7 Å². The second-order valence-corrected chi connectivity index (χ2v) is 9.71. The van der Waals surface area contributed by atoms with E-state index in [1.54, 1.807) is 0 Å². The highest BCUT2D eigenvalue weighted by Gasteiger charge is 2.19. The van der Waals surface area contributed by atoms with Crippen LogP contribution in [-0.4, -0.2) is 56.2 Å². The standard InChI is InChI=1S/C26H33Cl2N3O2/c1-19(2)33-25-11-9-20-8-10-21(18-23(20)29-25)32-17-4-3-12-30-13-15-31(16-14-30)24-7-5-6-22(27)26(24)28/h5-8,10,18-19H,3-4,9,11-17H2,1-2H3. The zero-order valence-corrected chi connectivity index (χ0v) is 21.0. The van der Waals surface area contributed by atoms with Crippen molar-refractivity contribution in [2.45, 2.75) is 45.6 Å². The number of unbranched alkanes of at least 4 members (excludes halogenated alkanes) is 1. The van der Waals surface area contributed by atoms with Gasteiger partial charge in [0.15, 0.2) is 5.90 Å². The van der Waals surface area contributed by atoms with Gasteiger partial charge in [-0.3, -0.25) is 4.90 Å². The van der Waals surface area contributed by atoms with Crippen LogP contribution < -0.4 is 9.64 Å². The van der Waals surface area contributed by atoms with Gasteiger partial charge in [-0.05, 0) is 63.4 Å². The lowest BCUT2D eigenvalue weighted by Crippen LogP contribution is -2.46. The van der Waals surface area contributed by atoms with Crippen LogP contribution in [0, 0.1) is 0 Å². The fourth-order valence-electron chi connectivity index (χ4n) is 4.31. The summed E-state index contributed by atoms with van der Waals surface area (Å²) < 4.78 is 11.8. The Labute approximate surface area is 207 Å². The molecule has 0 amide bonds. The molecule has 2 aliphatic heterocycles. The highest BCUT2D eigenvalue weighted by Crippen LogP contribution is 2.33. The van der Waals surface area contributed by atoms with E-state index in [9.17, 15) is 0 Å². The fraction of sp³-hybridized carbons (Fsp3) is 0.500. The third-order valence-corrected chi connectivity index (χ3v) is 6.87. The lowest BCUT2D eigenvalue weighted by atomic mass is 10.0. The summed E-state index contributed by atoms with van der Waals surface area (Å²) >= 11 is 12.6. The van der Waals surface area contributed by atoms with Crippen molar-refractivity contribution in [2.75, 3.05) is 44.2 Å². The van der Waals surface area contributed by atoms with Crippen LogP contribution in [0.25, 0.3) is 0 Å². The molecule has 2 aromatic rings. The van der Waals surface area contributed by atoms with Crippen LogP contribution in [0.4, 0.5) is 11.4 Å². The molecule has 0 bridgehead atoms. The van der Waals surface area contributed by atoms with Gasteiger partial charge in [0.2, 0.25) is 0 Å². The van der Waals surface area contributed by atoms with Gasteiger partial charge in [-0.15, -0.1) is 0 Å². The quantitative estimate of drug-likeness (QED) is 0.403. The van der Waals surface area contributed by atoms with E-state index in [1.807, 2.05) is 38.1 Å². The number of ether oxygens (including phenoxy) is 2. The molecule has 1 saturated heterocycles. The van der Waals surface area contributed by atoms with Crippen molar-refractivity contribution in [1.29, 1.82) is 0 Å². The Morgan fingerprint density at radius 1 is 1.00 bits per heavy atom. The average molecular weight is 490 g/mol. The number of aliphatic imine (C=N–C) groups is 1. The molecule has 0 saturated carbocycles. The summed E-state index contributed by atoms with van der Waals surface area (Å²) in [5.41, 5.74) is 3.28. The predicted octanol–water partition coefficient (Wildman–Crippen LogP) is 6.38. The molecule has 1 fully saturated rings. The lowest BCUT2D eigenvalue weighted by Gasteiger charge is -2.36. The van der Waals surface area contributed by atoms with Crippen molar-refractivity contribution in [2.24, 2.45) is 4.99 Å². The minimum atomic E-state index is 0.155. The normalized spacial score (nSPS) is 16.5. The van der Waals surface area contributed by atoms with Gasteiger partial charge in [-0.25, -0.2) is 4.99 Å². The summed E-state index contributed by atoms with van der Waals surface area (Å²) in [5.74, 6) is 1.71. The van der Waals surface area contributed by atoms with E-state index in [2.05, 4.69) is 26.9 Å². The topological polar surface area (TPSA) is 37.3 Å². The Bertz CT molecular complexity index is 972. The average Bonchev–Trinajstić information content (AvgIpc) is 2.80. The number of hydrogen-bond donors (Lipinski definition) is 0. The molecular formula is C26H33Cl2N3O2. The van der Waals surface area contributed by atoms with Gasteiger partial charge in [-0.1, -0.05) is 35.3 Å². The molecule has 0 spiro atoms. The minimum Gasteiger partial charge on any atom is -0.494 e. The van der Waals surface area contributed by atoms with E-state index in [1.165, 1.54) is 5.56 Å². The number of aryl methyl sites for hydroxylation is 1. The van der Waals surface area contributed by atoms with Gasteiger partial charge in [0.1, 0.15) is 5.75 Å². The van der Waals surface area contributed by atoms with Crippen molar-refractivity contribution in [3.63, 3.8) is 0 Å². The van der Waals surface area contributed by atoms with Crippen molar-refractivity contribution in [3.05, 3.63) is 52.0 Å². The summed E-state index contributed by atoms with van der Waals surface area (Å²) in [4.78, 5) is 9.51. The Kier molecular flexibility index (Phi) is 8.39. The predicted molar refractivity (Wildman–Crippen MR) is 138 cm³/mol. The van der Waals surface area contributed by atoms with Crippen molar-refractivity contribution in [3.8, 4) is 5.75 Å². The number of rotatable bonds is 8. The number of anilines is 1. The van der Waals surface area contributed by atoms with Crippen LogP contribution in [0.15, 0.2) is 41.4 Å². The maximum absolute atomic E-state index is 6.38. The molecule has 5 nitrogen and oxygen atoms in total. The monoisotopic (exact) mass is 489 g/mol. The molecule has 2 heterocycles. The van der Waals surface area contributed by atoms with E-state index in [0.29, 0.717) is 10.0 Å². The van der Waals surface area contributed by atoms with Crippen LogP contribution >= 0.6 is 23.2 Å². The van der Waals surface area contributed by atoms with E-state index >= 15 is 0 Å². The third-order valence-electron chi connectivity index (χ3n) is 6.06. The molecule has 0 atom stereocenters. The van der Waals surface area contributed by atoms with E-state index < -0.39 is 0 Å². The van der Waals surface area contributed by atoms with Crippen molar-refractivity contribution >= 4 is 40.5 Å². The molecule has 178 valence electrons. The van der Waals surface area contributed by atoms with Crippen LogP contribution in [0.1, 0.15) is 38.7 Å². The highest BCUT2D eigenvalue weighted by molar-refractivity contribution is 6.43. The van der Waals surface area contributed by atoms with Gasteiger partial charge in [-0.2, -0.15) is 0 Å². The maximum Gasteiger partial charge on any atom is 0.188 e. The zero-order valence-electron chi connectivity index (χ0n) is 19.5. The van der Waals surface area contributed by atoms with Crippen LogP contribution in [0.3, 0.4) is 0 Å². The van der Waals surface area contributed by atoms with Gasteiger partial charge in [0.25, 0.3) is 0 Å². The molecule has 0 unspecified atom stereocenters. The second-order valence-electron chi connectivity index (χ2n) is 8.92. The van der Waals surface area contributed by atoms with Gasteiger partial charge in [0.05, 0.1) is 34.1 Å². The summed E-state index contributed by atoms with van der Waals surface area (Å²) in [6, 6.07) is 12.1. The molecule has 0 aromatic heterocycles. The molecule has 7 heteroatoms. The molecule has 0 aliphatic carbocycles. The summed E-state index contributed by atoms with van der Waals surface area (Å²) in [6.45, 7) is 9.88. The lowest BCUT2D eigenvalue weighted by molar-refractivity contribution is 0.221. The van der Waals surface area contributed by atoms with Crippen LogP contribution in [0.5, 0.6) is 5.75 Å². The molecule has 2 aromatic carbocycles. The fourth-order valence-corrected chi connectivity index (χ4v) is 4.73. The molecule has 0 N–H and O–H groups in total. The molecule has 0 radical (unpaired) electrons. The zero-order chi connectivity index (χ0) is 23.2. The number of fused-ring (bicyclic) bond motifs is 1. The molecule has 4 rings (SSSR count). The SMILES string of the molecule is CC(C)OC1=Nc2cc(OCCCCN3CCN(c4cccc(Cl)c4Cl)CC3)ccc2CC1. The summed E-state index contributed by atoms with van der Waals surface area (Å²) in [7, 11) is 0. The van der Waals surface area contributed by atoms with Gasteiger partial charge >= 0.3 is 0 Å². The molecule has 33 heavy (non-hydrogen) atoms. The Hall–Kier alpha value is -1.95. The Balaban J connectivity index is 1.17. The minimum absolute atomic E-state index is 0.155. The number of hydrogen-bond acceptors (Lipinski definition) is 5. The smallest absolute Gasteiger partial charge is 0.188 e. The number of piperazine rings is 1. The number of nitrogens with zero attached hydrogens (tertiary/aromatic N) is 3. The van der Waals surface area contributed by atoms with E-state index in [-0.39, 0.29) is 6.10 Å². The largest absolute Gasteiger partial charge is 0.494 e. The van der Waals surface area contributed by atoms with E-state index in [0.717, 1.165) is 88.0 Å². The van der Waals surface area contributed by atoms with Crippen molar-refractivity contribution in [1.82, 2.24) is 4.90 Å². The van der Waals surface area contributed by atoms with Crippen LogP contribution in [0.2, 0.25) is 10.0 Å². The Morgan fingerprint density at radius 2 is 1.82 bits per heavy atom. The van der Waals surface area contributed by atoms with Crippen molar-refractivity contribution < 1.29 is 9.47 Å². The summed E-state index contributed by atoms with van der Waals surface area (Å²) in [5, 5.41) is 1.27. The molecular weight excluding hydrogens is 457 g/mol. The first-order valence-corrected chi connectivity index (χ1v) is 12.7. The first kappa shape index (κ1) is 24.2. The number of benzene rings is 2. The highest BCUT2D eigenvalue weighted by atomic mass is 35.5. The Morgan fingerprint density at radius 3 is 2.61 bits per heavy atom. The third kappa shape index (κ3) is 6.56.